The van der Waals surface area contributed by atoms with Gasteiger partial charge in [-0.05, 0) is 76.4 Å². The van der Waals surface area contributed by atoms with Gasteiger partial charge in [0.25, 0.3) is 0 Å². The van der Waals surface area contributed by atoms with Crippen molar-refractivity contribution in [3.63, 3.8) is 0 Å². The molecular weight excluding hydrogens is 360 g/mol. The molecule has 1 heterocycles. The highest BCUT2D eigenvalue weighted by Crippen LogP contribution is 2.19. The maximum Gasteiger partial charge on any atom is 0.191 e. The summed E-state index contributed by atoms with van der Waals surface area (Å²) in [7, 11) is -0.940. The Morgan fingerprint density at radius 2 is 1.85 bits per heavy atom. The second-order valence-corrected chi connectivity index (χ2v) is 9.40. The minimum absolute atomic E-state index is 0.364. The smallest absolute Gasteiger partial charge is 0.191 e. The summed E-state index contributed by atoms with van der Waals surface area (Å²) in [5.41, 5.74) is 1.11. The molecule has 7 heteroatoms. The minimum atomic E-state index is -3.13. The second kappa shape index (κ2) is 10.7. The zero-order valence-corrected chi connectivity index (χ0v) is 17.7. The first-order chi connectivity index (χ1) is 12.9. The van der Waals surface area contributed by atoms with E-state index in [0.29, 0.717) is 4.90 Å². The van der Waals surface area contributed by atoms with Crippen LogP contribution in [0.4, 0.5) is 0 Å². The molecule has 0 bridgehead atoms. The quantitative estimate of drug-likeness (QED) is 0.521. The third-order valence-corrected chi connectivity index (χ3v) is 6.18. The first kappa shape index (κ1) is 21.7. The molecule has 0 spiro atoms. The molecule has 1 aromatic carbocycles. The topological polar surface area (TPSA) is 73.8 Å². The summed E-state index contributed by atoms with van der Waals surface area (Å²) in [6.07, 6.45) is 5.76. The lowest BCUT2D eigenvalue weighted by molar-refractivity contribution is 0.214. The molecule has 0 saturated carbocycles. The monoisotopic (exact) mass is 394 g/mol. The molecule has 1 aliphatic heterocycles. The van der Waals surface area contributed by atoms with E-state index in [0.717, 1.165) is 49.9 Å². The molecule has 1 aromatic rings. The van der Waals surface area contributed by atoms with Gasteiger partial charge in [-0.25, -0.2) is 8.42 Å². The van der Waals surface area contributed by atoms with E-state index in [9.17, 15) is 8.42 Å². The molecular formula is C20H34N4O2S. The molecule has 6 nitrogen and oxygen atoms in total. The molecule has 0 amide bonds. The average molecular weight is 395 g/mol. The molecule has 152 valence electrons. The van der Waals surface area contributed by atoms with Gasteiger partial charge in [-0.1, -0.05) is 12.1 Å². The summed E-state index contributed by atoms with van der Waals surface area (Å²) >= 11 is 0. The van der Waals surface area contributed by atoms with E-state index < -0.39 is 9.84 Å². The van der Waals surface area contributed by atoms with Crippen molar-refractivity contribution in [3.8, 4) is 0 Å². The summed E-state index contributed by atoms with van der Waals surface area (Å²) in [5, 5.41) is 6.67. The van der Waals surface area contributed by atoms with Crippen molar-refractivity contribution in [1.29, 1.82) is 0 Å². The number of aliphatic imine (C=N–C) groups is 1. The predicted octanol–water partition coefficient (Wildman–Crippen LogP) is 1.92. The zero-order chi connectivity index (χ0) is 19.7. The van der Waals surface area contributed by atoms with E-state index in [1.165, 1.54) is 32.2 Å². The highest BCUT2D eigenvalue weighted by Gasteiger charge is 2.15. The minimum Gasteiger partial charge on any atom is -0.357 e. The first-order valence-corrected chi connectivity index (χ1v) is 11.8. The van der Waals surface area contributed by atoms with Crippen LogP contribution in [0.25, 0.3) is 0 Å². The molecule has 27 heavy (non-hydrogen) atoms. The van der Waals surface area contributed by atoms with Gasteiger partial charge in [-0.3, -0.25) is 4.99 Å². The number of nitrogens with one attached hydrogen (secondary N) is 2. The molecule has 0 radical (unpaired) electrons. The Morgan fingerprint density at radius 3 is 2.44 bits per heavy atom. The molecule has 0 aromatic heterocycles. The fourth-order valence-electron chi connectivity index (χ4n) is 3.28. The maximum absolute atomic E-state index is 11.5. The molecule has 0 aliphatic carbocycles. The van der Waals surface area contributed by atoms with Crippen LogP contribution in [0, 0.1) is 5.92 Å². The van der Waals surface area contributed by atoms with E-state index in [-0.39, 0.29) is 0 Å². The van der Waals surface area contributed by atoms with Crippen LogP contribution in [-0.2, 0) is 16.3 Å². The Hall–Kier alpha value is -1.60. The number of nitrogens with zero attached hydrogens (tertiary/aromatic N) is 2. The largest absolute Gasteiger partial charge is 0.357 e. The Balaban J connectivity index is 1.76. The van der Waals surface area contributed by atoms with Crippen LogP contribution >= 0.6 is 0 Å². The maximum atomic E-state index is 11.5. The van der Waals surface area contributed by atoms with Gasteiger partial charge in [0.1, 0.15) is 0 Å². The van der Waals surface area contributed by atoms with Gasteiger partial charge in [0, 0.05) is 25.9 Å². The Kier molecular flexibility index (Phi) is 8.57. The van der Waals surface area contributed by atoms with Crippen molar-refractivity contribution in [2.24, 2.45) is 10.9 Å². The van der Waals surface area contributed by atoms with E-state index in [1.54, 1.807) is 12.1 Å². The van der Waals surface area contributed by atoms with E-state index in [2.05, 4.69) is 29.5 Å². The van der Waals surface area contributed by atoms with Gasteiger partial charge < -0.3 is 15.5 Å². The lowest BCUT2D eigenvalue weighted by Crippen LogP contribution is -2.38. The van der Waals surface area contributed by atoms with Crippen molar-refractivity contribution >= 4 is 15.8 Å². The first-order valence-electron chi connectivity index (χ1n) is 9.88. The van der Waals surface area contributed by atoms with E-state index in [4.69, 9.17) is 4.99 Å². The molecule has 1 aliphatic rings. The molecule has 0 atom stereocenters. The number of sulfone groups is 1. The molecule has 2 N–H and O–H groups in total. The van der Waals surface area contributed by atoms with Crippen LogP contribution in [0.15, 0.2) is 34.2 Å². The van der Waals surface area contributed by atoms with Gasteiger partial charge >= 0.3 is 0 Å². The molecule has 1 saturated heterocycles. The summed E-state index contributed by atoms with van der Waals surface area (Å²) < 4.78 is 23.0. The SMILES string of the molecule is CCNC(=NCCC1CCN(C)CC1)NCCc1ccc(S(C)(=O)=O)cc1. The van der Waals surface area contributed by atoms with Gasteiger partial charge in [0.05, 0.1) is 4.90 Å². The van der Waals surface area contributed by atoms with Crippen LogP contribution in [0.2, 0.25) is 0 Å². The lowest BCUT2D eigenvalue weighted by atomic mass is 9.94. The van der Waals surface area contributed by atoms with Gasteiger partial charge in [-0.15, -0.1) is 0 Å². The number of hydrogen-bond acceptors (Lipinski definition) is 4. The second-order valence-electron chi connectivity index (χ2n) is 7.39. The summed E-state index contributed by atoms with van der Waals surface area (Å²) in [6.45, 7) is 6.92. The van der Waals surface area contributed by atoms with Crippen molar-refractivity contribution in [2.45, 2.75) is 37.5 Å². The fourth-order valence-corrected chi connectivity index (χ4v) is 3.91. The number of likely N-dealkylation sites (tertiary alicyclic amines) is 1. The number of guanidine groups is 1. The van der Waals surface area contributed by atoms with Gasteiger partial charge in [0.15, 0.2) is 15.8 Å². The highest BCUT2D eigenvalue weighted by atomic mass is 32.2. The molecule has 2 rings (SSSR count). The third-order valence-electron chi connectivity index (χ3n) is 5.05. The predicted molar refractivity (Wildman–Crippen MR) is 112 cm³/mol. The van der Waals surface area contributed by atoms with Gasteiger partial charge in [-0.2, -0.15) is 0 Å². The van der Waals surface area contributed by atoms with E-state index in [1.807, 2.05) is 12.1 Å². The average Bonchev–Trinajstić information content (AvgIpc) is 2.63. The number of hydrogen-bond donors (Lipinski definition) is 2. The van der Waals surface area contributed by atoms with E-state index >= 15 is 0 Å². The lowest BCUT2D eigenvalue weighted by Gasteiger charge is -2.28. The van der Waals surface area contributed by atoms with Crippen LogP contribution in [0.5, 0.6) is 0 Å². The van der Waals surface area contributed by atoms with Crippen molar-refractivity contribution in [1.82, 2.24) is 15.5 Å². The molecule has 0 unspecified atom stereocenters. The molecule has 1 fully saturated rings. The fraction of sp³-hybridized carbons (Fsp3) is 0.650. The van der Waals surface area contributed by atoms with Crippen LogP contribution in [0.3, 0.4) is 0 Å². The standard InChI is InChI=1S/C20H34N4O2S/c1-4-21-20(23-14-10-18-11-15-24(2)16-12-18)22-13-9-17-5-7-19(8-6-17)27(3,25)26/h5-8,18H,4,9-16H2,1-3H3,(H2,21,22,23). The summed E-state index contributed by atoms with van der Waals surface area (Å²) in [4.78, 5) is 7.47. The number of rotatable bonds is 8. The summed E-state index contributed by atoms with van der Waals surface area (Å²) in [5.74, 6) is 1.65. The highest BCUT2D eigenvalue weighted by molar-refractivity contribution is 7.90. The zero-order valence-electron chi connectivity index (χ0n) is 16.9. The third kappa shape index (κ3) is 7.89. The van der Waals surface area contributed by atoms with Crippen molar-refractivity contribution in [3.05, 3.63) is 29.8 Å². The van der Waals surface area contributed by atoms with Crippen molar-refractivity contribution in [2.75, 3.05) is 46.0 Å². The number of piperidine rings is 1. The van der Waals surface area contributed by atoms with Gasteiger partial charge in [0.2, 0.25) is 0 Å². The normalized spacial score (nSPS) is 17.1. The Labute approximate surface area is 164 Å². The van der Waals surface area contributed by atoms with Crippen LogP contribution < -0.4 is 10.6 Å². The summed E-state index contributed by atoms with van der Waals surface area (Å²) in [6, 6.07) is 7.10. The number of benzene rings is 1. The Bertz CT molecular complexity index is 693. The van der Waals surface area contributed by atoms with Crippen LogP contribution in [-0.4, -0.2) is 65.3 Å². The van der Waals surface area contributed by atoms with Crippen LogP contribution in [0.1, 0.15) is 31.7 Å². The van der Waals surface area contributed by atoms with Crippen molar-refractivity contribution < 1.29 is 8.42 Å². The Morgan fingerprint density at radius 1 is 1.19 bits per heavy atom.